The predicted octanol–water partition coefficient (Wildman–Crippen LogP) is 2.07. The molecule has 3 heterocycles. The lowest BCUT2D eigenvalue weighted by Crippen LogP contribution is -2.35. The van der Waals surface area contributed by atoms with Crippen molar-refractivity contribution in [3.63, 3.8) is 0 Å². The number of aryl methyl sites for hydroxylation is 1. The topological polar surface area (TPSA) is 83.9 Å². The fourth-order valence-electron chi connectivity index (χ4n) is 3.57. The number of aromatic nitrogens is 4. The molecule has 0 spiro atoms. The van der Waals surface area contributed by atoms with Crippen molar-refractivity contribution in [3.05, 3.63) is 62.6 Å². The van der Waals surface area contributed by atoms with Crippen LogP contribution in [0.2, 0.25) is 0 Å². The van der Waals surface area contributed by atoms with Gasteiger partial charge in [0, 0.05) is 19.2 Å². The molecule has 140 valence electrons. The Labute approximate surface area is 156 Å². The zero-order valence-electron chi connectivity index (χ0n) is 15.6. The van der Waals surface area contributed by atoms with Gasteiger partial charge in [0.1, 0.15) is 5.82 Å². The van der Waals surface area contributed by atoms with E-state index in [1.54, 1.807) is 17.6 Å². The molecule has 1 fully saturated rings. The van der Waals surface area contributed by atoms with E-state index >= 15 is 0 Å². The van der Waals surface area contributed by atoms with Gasteiger partial charge in [-0.2, -0.15) is 0 Å². The maximum atomic E-state index is 12.9. The molecule has 0 amide bonds. The molecule has 27 heavy (non-hydrogen) atoms. The molecule has 1 aliphatic heterocycles. The van der Waals surface area contributed by atoms with Gasteiger partial charge < -0.3 is 4.90 Å². The van der Waals surface area contributed by atoms with Crippen LogP contribution in [0.15, 0.2) is 39.9 Å². The van der Waals surface area contributed by atoms with Crippen molar-refractivity contribution in [1.29, 1.82) is 0 Å². The summed E-state index contributed by atoms with van der Waals surface area (Å²) in [5.41, 5.74) is 0.925. The number of hydrogen-bond donors (Lipinski definition) is 1. The number of hydrogen-bond acceptors (Lipinski definition) is 5. The molecule has 1 saturated heterocycles. The Kier molecular flexibility index (Phi) is 4.51. The molecule has 0 atom stereocenters. The lowest BCUT2D eigenvalue weighted by molar-refractivity contribution is 0.434. The highest BCUT2D eigenvalue weighted by atomic mass is 16.1. The van der Waals surface area contributed by atoms with Gasteiger partial charge in [-0.1, -0.05) is 19.1 Å². The Hall–Kier alpha value is -2.96. The summed E-state index contributed by atoms with van der Waals surface area (Å²) in [6.07, 6.45) is 2.17. The second-order valence-electron chi connectivity index (χ2n) is 7.30. The first-order valence-corrected chi connectivity index (χ1v) is 9.32. The second-order valence-corrected chi connectivity index (χ2v) is 7.30. The number of nitrogens with one attached hydrogen (secondary N) is 1. The van der Waals surface area contributed by atoms with Gasteiger partial charge in [0.25, 0.3) is 11.1 Å². The monoisotopic (exact) mass is 365 g/mol. The highest BCUT2D eigenvalue weighted by Gasteiger charge is 2.18. The molecule has 1 aliphatic rings. The molecule has 3 aromatic rings. The highest BCUT2D eigenvalue weighted by molar-refractivity contribution is 5.77. The molecule has 1 N–H and O–H groups in total. The average Bonchev–Trinajstić information content (AvgIpc) is 2.65. The Balaban J connectivity index is 1.70. The van der Waals surface area contributed by atoms with Gasteiger partial charge in [-0.05, 0) is 37.8 Å². The van der Waals surface area contributed by atoms with Crippen LogP contribution in [-0.2, 0) is 6.54 Å². The van der Waals surface area contributed by atoms with Gasteiger partial charge in [0.05, 0.1) is 23.1 Å². The summed E-state index contributed by atoms with van der Waals surface area (Å²) < 4.78 is 1.58. The minimum Gasteiger partial charge on any atom is -0.342 e. The van der Waals surface area contributed by atoms with Gasteiger partial charge in [-0.3, -0.25) is 19.1 Å². The minimum atomic E-state index is -0.201. The third kappa shape index (κ3) is 3.49. The molecule has 7 heteroatoms. The van der Waals surface area contributed by atoms with Crippen molar-refractivity contribution in [3.8, 4) is 0 Å². The zero-order valence-corrected chi connectivity index (χ0v) is 15.6. The van der Waals surface area contributed by atoms with E-state index in [1.165, 1.54) is 6.07 Å². The first-order chi connectivity index (χ1) is 13.0. The smallest absolute Gasteiger partial charge is 0.261 e. The Morgan fingerprint density at radius 1 is 1.15 bits per heavy atom. The fourth-order valence-corrected chi connectivity index (χ4v) is 3.57. The summed E-state index contributed by atoms with van der Waals surface area (Å²) in [7, 11) is 0. The first kappa shape index (κ1) is 17.5. The minimum absolute atomic E-state index is 0.117. The third-order valence-corrected chi connectivity index (χ3v) is 5.24. The normalized spacial score (nSPS) is 15.4. The molecule has 4 rings (SSSR count). The SMILES string of the molecule is Cc1nc2ccccc2c(=O)n1Cc1cc(=O)[nH]c(N2CCC(C)CC2)n1. The number of rotatable bonds is 3. The van der Waals surface area contributed by atoms with Crippen LogP contribution < -0.4 is 16.0 Å². The summed E-state index contributed by atoms with van der Waals surface area (Å²) in [6, 6.07) is 8.74. The van der Waals surface area contributed by atoms with Gasteiger partial charge >= 0.3 is 0 Å². The lowest BCUT2D eigenvalue weighted by atomic mass is 10.00. The average molecular weight is 365 g/mol. The van der Waals surface area contributed by atoms with Crippen LogP contribution in [0.25, 0.3) is 10.9 Å². The van der Waals surface area contributed by atoms with E-state index in [1.807, 2.05) is 18.2 Å². The predicted molar refractivity (Wildman–Crippen MR) is 105 cm³/mol. The molecule has 0 unspecified atom stereocenters. The standard InChI is InChI=1S/C20H23N5O2/c1-13-7-9-24(10-8-13)20-22-15(11-18(26)23-20)12-25-14(2)21-17-6-4-3-5-16(17)19(25)27/h3-6,11,13H,7-10,12H2,1-2H3,(H,22,23,26). The molecule has 7 nitrogen and oxygen atoms in total. The van der Waals surface area contributed by atoms with E-state index in [0.29, 0.717) is 34.3 Å². The number of piperidine rings is 1. The molecular formula is C20H23N5O2. The van der Waals surface area contributed by atoms with Crippen LogP contribution in [0, 0.1) is 12.8 Å². The molecule has 0 bridgehead atoms. The number of para-hydroxylation sites is 1. The highest BCUT2D eigenvalue weighted by Crippen LogP contribution is 2.19. The quantitative estimate of drug-likeness (QED) is 0.768. The van der Waals surface area contributed by atoms with E-state index < -0.39 is 0 Å². The van der Waals surface area contributed by atoms with Gasteiger partial charge in [-0.25, -0.2) is 9.97 Å². The number of benzene rings is 1. The summed E-state index contributed by atoms with van der Waals surface area (Å²) in [4.78, 5) is 39.1. The molecular weight excluding hydrogens is 342 g/mol. The van der Waals surface area contributed by atoms with Crippen molar-refractivity contribution in [2.75, 3.05) is 18.0 Å². The van der Waals surface area contributed by atoms with Crippen LogP contribution in [0.3, 0.4) is 0 Å². The van der Waals surface area contributed by atoms with Crippen molar-refractivity contribution in [2.45, 2.75) is 33.2 Å². The van der Waals surface area contributed by atoms with E-state index in [9.17, 15) is 9.59 Å². The summed E-state index contributed by atoms with van der Waals surface area (Å²) in [6.45, 7) is 6.03. The van der Waals surface area contributed by atoms with Crippen molar-refractivity contribution >= 4 is 16.9 Å². The molecule has 0 radical (unpaired) electrons. The summed E-state index contributed by atoms with van der Waals surface area (Å²) >= 11 is 0. The number of nitrogens with zero attached hydrogens (tertiary/aromatic N) is 4. The van der Waals surface area contributed by atoms with Crippen LogP contribution >= 0.6 is 0 Å². The fraction of sp³-hybridized carbons (Fsp3) is 0.400. The molecule has 0 saturated carbocycles. The van der Waals surface area contributed by atoms with Gasteiger partial charge in [0.15, 0.2) is 0 Å². The number of anilines is 1. The van der Waals surface area contributed by atoms with Crippen LogP contribution in [0.1, 0.15) is 31.3 Å². The Morgan fingerprint density at radius 3 is 2.67 bits per heavy atom. The first-order valence-electron chi connectivity index (χ1n) is 9.32. The van der Waals surface area contributed by atoms with Crippen molar-refractivity contribution in [1.82, 2.24) is 19.5 Å². The van der Waals surface area contributed by atoms with E-state index in [4.69, 9.17) is 0 Å². The Morgan fingerprint density at radius 2 is 1.89 bits per heavy atom. The van der Waals surface area contributed by atoms with Gasteiger partial charge in [0.2, 0.25) is 5.95 Å². The third-order valence-electron chi connectivity index (χ3n) is 5.24. The zero-order chi connectivity index (χ0) is 19.0. The number of fused-ring (bicyclic) bond motifs is 1. The number of aromatic amines is 1. The van der Waals surface area contributed by atoms with Crippen LogP contribution in [0.4, 0.5) is 5.95 Å². The van der Waals surface area contributed by atoms with Crippen molar-refractivity contribution < 1.29 is 0 Å². The Bertz CT molecular complexity index is 1090. The van der Waals surface area contributed by atoms with Gasteiger partial charge in [-0.15, -0.1) is 0 Å². The maximum Gasteiger partial charge on any atom is 0.261 e. The van der Waals surface area contributed by atoms with Crippen LogP contribution in [0.5, 0.6) is 0 Å². The maximum absolute atomic E-state index is 12.9. The number of H-pyrrole nitrogens is 1. The lowest BCUT2D eigenvalue weighted by Gasteiger charge is -2.30. The second kappa shape index (κ2) is 6.98. The van der Waals surface area contributed by atoms with E-state index in [2.05, 4.69) is 26.8 Å². The largest absolute Gasteiger partial charge is 0.342 e. The molecule has 1 aromatic carbocycles. The molecule has 2 aromatic heterocycles. The summed E-state index contributed by atoms with van der Waals surface area (Å²) in [5, 5.41) is 0.568. The van der Waals surface area contributed by atoms with E-state index in [-0.39, 0.29) is 17.7 Å². The van der Waals surface area contributed by atoms with E-state index in [0.717, 1.165) is 25.9 Å². The van der Waals surface area contributed by atoms with Crippen molar-refractivity contribution in [2.24, 2.45) is 5.92 Å². The molecule has 0 aliphatic carbocycles. The summed E-state index contributed by atoms with van der Waals surface area (Å²) in [5.74, 6) is 1.89. The van der Waals surface area contributed by atoms with Crippen LogP contribution in [-0.4, -0.2) is 32.6 Å².